The van der Waals surface area contributed by atoms with Crippen molar-refractivity contribution in [1.82, 2.24) is 15.5 Å². The van der Waals surface area contributed by atoms with Crippen LogP contribution in [-0.4, -0.2) is 60.2 Å². The zero-order chi connectivity index (χ0) is 21.2. The van der Waals surface area contributed by atoms with Crippen LogP contribution < -0.4 is 21.7 Å². The average molecular weight is 402 g/mol. The third kappa shape index (κ3) is 6.78. The molecule has 0 saturated carbocycles. The van der Waals surface area contributed by atoms with Gasteiger partial charge in [0.05, 0.1) is 6.04 Å². The first-order valence-electron chi connectivity index (χ1n) is 9.88. The van der Waals surface area contributed by atoms with Crippen LogP contribution in [0.5, 0.6) is 0 Å². The zero-order valence-electron chi connectivity index (χ0n) is 16.7. The Morgan fingerprint density at radius 2 is 2.07 bits per heavy atom. The summed E-state index contributed by atoms with van der Waals surface area (Å²) < 4.78 is 0. The first-order valence-corrected chi connectivity index (χ1v) is 9.88. The minimum atomic E-state index is -0.631. The quantitative estimate of drug-likeness (QED) is 0.166. The summed E-state index contributed by atoms with van der Waals surface area (Å²) in [5.41, 5.74) is 6.05. The van der Waals surface area contributed by atoms with Crippen LogP contribution in [0.15, 0.2) is 30.3 Å². The average Bonchev–Trinajstić information content (AvgIpc) is 3.20. The maximum atomic E-state index is 12.9. The molecule has 0 aromatic heterocycles. The smallest absolute Gasteiger partial charge is 0.245 e. The first-order chi connectivity index (χ1) is 13.9. The van der Waals surface area contributed by atoms with Crippen molar-refractivity contribution in [3.63, 3.8) is 0 Å². The molecule has 0 aliphatic carbocycles. The van der Waals surface area contributed by atoms with E-state index in [2.05, 4.69) is 16.0 Å². The van der Waals surface area contributed by atoms with Crippen molar-refractivity contribution in [2.24, 2.45) is 5.73 Å². The van der Waals surface area contributed by atoms with Gasteiger partial charge in [0.15, 0.2) is 5.96 Å². The first kappa shape index (κ1) is 22.2. The maximum Gasteiger partial charge on any atom is 0.245 e. The highest BCUT2D eigenvalue weighted by Crippen LogP contribution is 2.20. The van der Waals surface area contributed by atoms with Gasteiger partial charge >= 0.3 is 0 Å². The van der Waals surface area contributed by atoms with Gasteiger partial charge in [-0.2, -0.15) is 0 Å². The largest absolute Gasteiger partial charge is 0.374 e. The fourth-order valence-corrected chi connectivity index (χ4v) is 3.40. The van der Waals surface area contributed by atoms with Crippen molar-refractivity contribution < 1.29 is 14.4 Å². The number of guanidine groups is 1. The van der Waals surface area contributed by atoms with Crippen molar-refractivity contribution in [3.8, 4) is 0 Å². The molecule has 158 valence electrons. The molecule has 1 aliphatic rings. The molecule has 1 aromatic carbocycles. The molecule has 1 saturated heterocycles. The number of amides is 2. The lowest BCUT2D eigenvalue weighted by molar-refractivity contribution is -0.139. The van der Waals surface area contributed by atoms with Gasteiger partial charge in [0.2, 0.25) is 11.8 Å². The summed E-state index contributed by atoms with van der Waals surface area (Å²) in [5, 5.41) is 15.7. The zero-order valence-corrected chi connectivity index (χ0v) is 16.7. The van der Waals surface area contributed by atoms with E-state index in [-0.39, 0.29) is 17.8 Å². The van der Waals surface area contributed by atoms with Crippen LogP contribution in [0.4, 0.5) is 5.69 Å². The molecule has 0 bridgehead atoms. The Labute approximate surface area is 170 Å². The van der Waals surface area contributed by atoms with Gasteiger partial charge in [-0.15, -0.1) is 0 Å². The number of anilines is 1. The van der Waals surface area contributed by atoms with Crippen LogP contribution in [-0.2, 0) is 14.4 Å². The van der Waals surface area contributed by atoms with Crippen LogP contribution in [0.2, 0.25) is 0 Å². The lowest BCUT2D eigenvalue weighted by Crippen LogP contribution is -2.52. The molecule has 6 N–H and O–H groups in total. The maximum absolute atomic E-state index is 12.9. The normalized spacial score (nSPS) is 17.8. The molecule has 0 unspecified atom stereocenters. The highest BCUT2D eigenvalue weighted by molar-refractivity contribution is 5.92. The second kappa shape index (κ2) is 11.0. The number of hydrogen-bond donors (Lipinski definition) is 5. The van der Waals surface area contributed by atoms with Gasteiger partial charge in [-0.05, 0) is 44.7 Å². The van der Waals surface area contributed by atoms with E-state index in [1.165, 1.54) is 0 Å². The van der Waals surface area contributed by atoms with Crippen LogP contribution in [0.1, 0.15) is 32.6 Å². The van der Waals surface area contributed by atoms with E-state index in [0.717, 1.165) is 12.1 Å². The van der Waals surface area contributed by atoms with Gasteiger partial charge in [0.25, 0.3) is 0 Å². The van der Waals surface area contributed by atoms with Gasteiger partial charge in [-0.25, -0.2) is 0 Å². The Morgan fingerprint density at radius 1 is 1.34 bits per heavy atom. The summed E-state index contributed by atoms with van der Waals surface area (Å²) >= 11 is 0. The molecule has 29 heavy (non-hydrogen) atoms. The monoisotopic (exact) mass is 402 g/mol. The summed E-state index contributed by atoms with van der Waals surface area (Å²) in [7, 11) is 0. The molecule has 9 nitrogen and oxygen atoms in total. The SMILES string of the molecule is C[C@H](Nc1ccccc1)C(=O)N1CCC[C@H]1C(=O)N[C@H](C=O)CCCNC(=N)N. The molecular formula is C20H30N6O3. The number of carbonyl (C=O) groups is 3. The molecule has 0 spiro atoms. The van der Waals surface area contributed by atoms with Gasteiger partial charge in [-0.3, -0.25) is 15.0 Å². The fraction of sp³-hybridized carbons (Fsp3) is 0.500. The van der Waals surface area contributed by atoms with Crippen LogP contribution in [0.25, 0.3) is 0 Å². The fourth-order valence-electron chi connectivity index (χ4n) is 3.40. The molecule has 2 rings (SSSR count). The van der Waals surface area contributed by atoms with E-state index in [0.29, 0.717) is 38.6 Å². The number of likely N-dealkylation sites (tertiary alicyclic amines) is 1. The Bertz CT molecular complexity index is 711. The van der Waals surface area contributed by atoms with Crippen molar-refractivity contribution in [2.45, 2.75) is 50.7 Å². The lowest BCUT2D eigenvalue weighted by atomic mass is 10.1. The number of rotatable bonds is 10. The van der Waals surface area contributed by atoms with Crippen LogP contribution in [0, 0.1) is 5.41 Å². The molecule has 1 heterocycles. The summed E-state index contributed by atoms with van der Waals surface area (Å²) in [6.45, 7) is 2.75. The second-order valence-electron chi connectivity index (χ2n) is 7.16. The van der Waals surface area contributed by atoms with E-state index in [1.54, 1.807) is 11.8 Å². The van der Waals surface area contributed by atoms with E-state index in [1.807, 2.05) is 30.3 Å². The van der Waals surface area contributed by atoms with Gasteiger partial charge < -0.3 is 31.4 Å². The second-order valence-corrected chi connectivity index (χ2v) is 7.16. The summed E-state index contributed by atoms with van der Waals surface area (Å²) in [6, 6.07) is 7.77. The third-order valence-electron chi connectivity index (χ3n) is 4.87. The molecule has 1 fully saturated rings. The summed E-state index contributed by atoms with van der Waals surface area (Å²) in [5.74, 6) is -0.575. The highest BCUT2D eigenvalue weighted by Gasteiger charge is 2.36. The molecule has 0 radical (unpaired) electrons. The predicted molar refractivity (Wildman–Crippen MR) is 111 cm³/mol. The summed E-state index contributed by atoms with van der Waals surface area (Å²) in [4.78, 5) is 38.5. The molecule has 2 amide bonds. The number of para-hydroxylation sites is 1. The molecule has 1 aliphatic heterocycles. The number of carbonyl (C=O) groups excluding carboxylic acids is 3. The number of aldehydes is 1. The van der Waals surface area contributed by atoms with Gasteiger partial charge in [-0.1, -0.05) is 18.2 Å². The minimum Gasteiger partial charge on any atom is -0.374 e. The van der Waals surface area contributed by atoms with Gasteiger partial charge in [0.1, 0.15) is 18.4 Å². The molecule has 9 heteroatoms. The lowest BCUT2D eigenvalue weighted by Gasteiger charge is -2.28. The van der Waals surface area contributed by atoms with Crippen molar-refractivity contribution in [3.05, 3.63) is 30.3 Å². The minimum absolute atomic E-state index is 0.130. The number of nitrogens with two attached hydrogens (primary N) is 1. The topological polar surface area (TPSA) is 140 Å². The molecule has 1 aromatic rings. The number of nitrogens with zero attached hydrogens (tertiary/aromatic N) is 1. The van der Waals surface area contributed by atoms with E-state index in [4.69, 9.17) is 11.1 Å². The van der Waals surface area contributed by atoms with Crippen LogP contribution >= 0.6 is 0 Å². The van der Waals surface area contributed by atoms with Crippen molar-refractivity contribution in [1.29, 1.82) is 5.41 Å². The standard InChI is InChI=1S/C20H30N6O3/c1-14(24-15-7-3-2-4-8-15)19(29)26-12-6-10-17(26)18(28)25-16(13-27)9-5-11-23-20(21)22/h2-4,7-8,13-14,16-17,24H,5-6,9-12H2,1H3,(H,25,28)(H4,21,22,23)/t14-,16-,17-/m0/s1. The van der Waals surface area contributed by atoms with Crippen molar-refractivity contribution >= 4 is 29.7 Å². The van der Waals surface area contributed by atoms with Crippen molar-refractivity contribution in [2.75, 3.05) is 18.4 Å². The van der Waals surface area contributed by atoms with E-state index < -0.39 is 18.1 Å². The van der Waals surface area contributed by atoms with E-state index in [9.17, 15) is 14.4 Å². The predicted octanol–water partition coefficient (Wildman–Crippen LogP) is 0.425. The Hall–Kier alpha value is -3.10. The van der Waals surface area contributed by atoms with Gasteiger partial charge in [0, 0.05) is 18.8 Å². The summed E-state index contributed by atoms with van der Waals surface area (Å²) in [6.07, 6.45) is 3.03. The Morgan fingerprint density at radius 3 is 2.72 bits per heavy atom. The molecular weight excluding hydrogens is 372 g/mol. The van der Waals surface area contributed by atoms with Crippen LogP contribution in [0.3, 0.4) is 0 Å². The number of nitrogens with one attached hydrogen (secondary N) is 4. The Balaban J connectivity index is 1.89. The van der Waals surface area contributed by atoms with E-state index >= 15 is 0 Å². The third-order valence-corrected chi connectivity index (χ3v) is 4.87. The Kier molecular flexibility index (Phi) is 8.45. The highest BCUT2D eigenvalue weighted by atomic mass is 16.2. The molecule has 3 atom stereocenters. The number of hydrogen-bond acceptors (Lipinski definition) is 5. The number of benzene rings is 1.